The van der Waals surface area contributed by atoms with Gasteiger partial charge in [0.25, 0.3) is 0 Å². The number of amides is 1. The molecule has 0 aliphatic carbocycles. The molecule has 5 nitrogen and oxygen atoms in total. The van der Waals surface area contributed by atoms with Crippen LogP contribution in [-0.4, -0.2) is 37.1 Å². The fourth-order valence-corrected chi connectivity index (χ4v) is 2.54. The Hall–Kier alpha value is -0.810. The van der Waals surface area contributed by atoms with Crippen LogP contribution in [0.2, 0.25) is 0 Å². The van der Waals surface area contributed by atoms with Crippen LogP contribution < -0.4 is 10.6 Å². The standard InChI is InChI=1S/C15H28N2O3.ClH/c1-5-10(3)13(15(19)20-6-2)17-14(18)12-7-8-16-11(4)9-12;/h10-13,16H,5-9H2,1-4H3,(H,17,18);1H/t10?,11-,12-,13?;/m0./s1. The summed E-state index contributed by atoms with van der Waals surface area (Å²) in [5, 5.41) is 6.23. The summed E-state index contributed by atoms with van der Waals surface area (Å²) in [4.78, 5) is 24.3. The largest absolute Gasteiger partial charge is 0.464 e. The Labute approximate surface area is 134 Å². The molecule has 1 heterocycles. The molecule has 0 spiro atoms. The topological polar surface area (TPSA) is 67.4 Å². The summed E-state index contributed by atoms with van der Waals surface area (Å²) in [5.41, 5.74) is 0. The van der Waals surface area contributed by atoms with E-state index in [2.05, 4.69) is 17.6 Å². The molecule has 2 unspecified atom stereocenters. The maximum absolute atomic E-state index is 12.3. The van der Waals surface area contributed by atoms with Gasteiger partial charge in [-0.3, -0.25) is 4.79 Å². The maximum Gasteiger partial charge on any atom is 0.328 e. The van der Waals surface area contributed by atoms with Crippen molar-refractivity contribution in [2.75, 3.05) is 13.2 Å². The third-order valence-corrected chi connectivity index (χ3v) is 4.05. The van der Waals surface area contributed by atoms with Gasteiger partial charge >= 0.3 is 5.97 Å². The lowest BCUT2D eigenvalue weighted by atomic mass is 9.91. The highest BCUT2D eigenvalue weighted by molar-refractivity contribution is 5.86. The van der Waals surface area contributed by atoms with Crippen molar-refractivity contribution in [3.63, 3.8) is 0 Å². The van der Waals surface area contributed by atoms with Crippen molar-refractivity contribution >= 4 is 24.3 Å². The summed E-state index contributed by atoms with van der Waals surface area (Å²) in [6, 6.07) is -0.179. The molecule has 4 atom stereocenters. The van der Waals surface area contributed by atoms with E-state index in [0.29, 0.717) is 12.6 Å². The molecule has 1 rings (SSSR count). The Kier molecular flexibility index (Phi) is 9.62. The molecule has 0 aromatic carbocycles. The van der Waals surface area contributed by atoms with E-state index in [1.165, 1.54) is 0 Å². The maximum atomic E-state index is 12.3. The third kappa shape index (κ3) is 6.22. The smallest absolute Gasteiger partial charge is 0.328 e. The van der Waals surface area contributed by atoms with E-state index < -0.39 is 6.04 Å². The fourth-order valence-electron chi connectivity index (χ4n) is 2.54. The summed E-state index contributed by atoms with van der Waals surface area (Å²) in [7, 11) is 0. The van der Waals surface area contributed by atoms with Crippen molar-refractivity contribution in [3.05, 3.63) is 0 Å². The van der Waals surface area contributed by atoms with Crippen molar-refractivity contribution in [2.45, 2.75) is 59.0 Å². The van der Waals surface area contributed by atoms with Gasteiger partial charge in [-0.25, -0.2) is 4.79 Å². The van der Waals surface area contributed by atoms with Gasteiger partial charge in [0.15, 0.2) is 0 Å². The zero-order chi connectivity index (χ0) is 15.1. The number of hydrogen-bond donors (Lipinski definition) is 2. The Morgan fingerprint density at radius 2 is 2.05 bits per heavy atom. The molecule has 1 saturated heterocycles. The number of rotatable bonds is 6. The van der Waals surface area contributed by atoms with Crippen LogP contribution in [-0.2, 0) is 14.3 Å². The molecule has 1 fully saturated rings. The second kappa shape index (κ2) is 10.0. The molecule has 1 aliphatic rings. The molecule has 124 valence electrons. The Morgan fingerprint density at radius 1 is 1.38 bits per heavy atom. The molecule has 0 aromatic heterocycles. The van der Waals surface area contributed by atoms with Crippen LogP contribution >= 0.6 is 12.4 Å². The number of nitrogens with one attached hydrogen (secondary N) is 2. The van der Waals surface area contributed by atoms with Gasteiger partial charge in [0.2, 0.25) is 5.91 Å². The number of piperidine rings is 1. The van der Waals surface area contributed by atoms with E-state index in [0.717, 1.165) is 25.8 Å². The highest BCUT2D eigenvalue weighted by Gasteiger charge is 2.31. The van der Waals surface area contributed by atoms with E-state index in [1.54, 1.807) is 6.92 Å². The first-order valence-corrected chi connectivity index (χ1v) is 7.69. The molecule has 1 aliphatic heterocycles. The number of hydrogen-bond acceptors (Lipinski definition) is 4. The van der Waals surface area contributed by atoms with E-state index in [1.807, 2.05) is 13.8 Å². The molecule has 6 heteroatoms. The summed E-state index contributed by atoms with van der Waals surface area (Å²) >= 11 is 0. The van der Waals surface area contributed by atoms with Crippen LogP contribution in [0.15, 0.2) is 0 Å². The van der Waals surface area contributed by atoms with Gasteiger partial charge in [0.05, 0.1) is 6.61 Å². The van der Waals surface area contributed by atoms with E-state index in [9.17, 15) is 9.59 Å². The highest BCUT2D eigenvalue weighted by Crippen LogP contribution is 2.18. The quantitative estimate of drug-likeness (QED) is 0.733. The SMILES string of the molecule is CCOC(=O)C(NC(=O)[C@H]1CCN[C@@H](C)C1)C(C)CC.Cl. The Bertz CT molecular complexity index is 339. The molecule has 0 bridgehead atoms. The summed E-state index contributed by atoms with van der Waals surface area (Å²) in [6.45, 7) is 9.03. The minimum atomic E-state index is -0.530. The van der Waals surface area contributed by atoms with Crippen LogP contribution in [0.1, 0.15) is 47.0 Å². The van der Waals surface area contributed by atoms with Gasteiger partial charge in [-0.15, -0.1) is 12.4 Å². The number of carbonyl (C=O) groups is 2. The molecule has 1 amide bonds. The molecular weight excluding hydrogens is 292 g/mol. The number of halogens is 1. The second-order valence-corrected chi connectivity index (χ2v) is 5.70. The summed E-state index contributed by atoms with van der Waals surface area (Å²) in [6.07, 6.45) is 2.47. The Morgan fingerprint density at radius 3 is 2.57 bits per heavy atom. The van der Waals surface area contributed by atoms with Crippen molar-refractivity contribution < 1.29 is 14.3 Å². The zero-order valence-electron chi connectivity index (χ0n) is 13.5. The first-order valence-electron chi connectivity index (χ1n) is 7.69. The predicted molar refractivity (Wildman–Crippen MR) is 85.5 cm³/mol. The average Bonchev–Trinajstić information content (AvgIpc) is 2.43. The normalized spacial score (nSPS) is 24.4. The first-order chi connectivity index (χ1) is 9.49. The zero-order valence-corrected chi connectivity index (χ0v) is 14.3. The monoisotopic (exact) mass is 320 g/mol. The van der Waals surface area contributed by atoms with Gasteiger partial charge in [-0.05, 0) is 39.2 Å². The van der Waals surface area contributed by atoms with Crippen LogP contribution in [0.25, 0.3) is 0 Å². The first kappa shape index (κ1) is 20.2. The minimum Gasteiger partial charge on any atom is -0.464 e. The lowest BCUT2D eigenvalue weighted by molar-refractivity contribution is -0.149. The van der Waals surface area contributed by atoms with Crippen molar-refractivity contribution in [2.24, 2.45) is 11.8 Å². The Balaban J connectivity index is 0.00000400. The van der Waals surface area contributed by atoms with Crippen LogP contribution in [0, 0.1) is 11.8 Å². The van der Waals surface area contributed by atoms with Crippen molar-refractivity contribution in [1.82, 2.24) is 10.6 Å². The van der Waals surface area contributed by atoms with E-state index in [-0.39, 0.29) is 36.1 Å². The lowest BCUT2D eigenvalue weighted by Crippen LogP contribution is -2.50. The van der Waals surface area contributed by atoms with Gasteiger partial charge in [0.1, 0.15) is 6.04 Å². The lowest BCUT2D eigenvalue weighted by Gasteiger charge is -2.29. The van der Waals surface area contributed by atoms with Crippen molar-refractivity contribution in [1.29, 1.82) is 0 Å². The summed E-state index contributed by atoms with van der Waals surface area (Å²) in [5.74, 6) is -0.266. The fraction of sp³-hybridized carbons (Fsp3) is 0.867. The highest BCUT2D eigenvalue weighted by atomic mass is 35.5. The molecule has 0 saturated carbocycles. The van der Waals surface area contributed by atoms with Crippen LogP contribution in [0.4, 0.5) is 0 Å². The predicted octanol–water partition coefficient (Wildman–Crippen LogP) is 1.89. The molecule has 0 aromatic rings. The van der Waals surface area contributed by atoms with Gasteiger partial charge < -0.3 is 15.4 Å². The average molecular weight is 321 g/mol. The second-order valence-electron chi connectivity index (χ2n) is 5.70. The van der Waals surface area contributed by atoms with Crippen molar-refractivity contribution in [3.8, 4) is 0 Å². The van der Waals surface area contributed by atoms with E-state index >= 15 is 0 Å². The molecule has 21 heavy (non-hydrogen) atoms. The molecule has 2 N–H and O–H groups in total. The van der Waals surface area contributed by atoms with Crippen LogP contribution in [0.3, 0.4) is 0 Å². The number of ether oxygens (including phenoxy) is 1. The van der Waals surface area contributed by atoms with Gasteiger partial charge in [-0.1, -0.05) is 20.3 Å². The molecular formula is C15H29ClN2O3. The van der Waals surface area contributed by atoms with E-state index in [4.69, 9.17) is 4.74 Å². The van der Waals surface area contributed by atoms with Gasteiger partial charge in [0, 0.05) is 12.0 Å². The van der Waals surface area contributed by atoms with Crippen LogP contribution in [0.5, 0.6) is 0 Å². The third-order valence-electron chi connectivity index (χ3n) is 4.05. The number of esters is 1. The molecule has 0 radical (unpaired) electrons. The van der Waals surface area contributed by atoms with Gasteiger partial charge in [-0.2, -0.15) is 0 Å². The number of carbonyl (C=O) groups excluding carboxylic acids is 2. The minimum absolute atomic E-state index is 0. The summed E-state index contributed by atoms with van der Waals surface area (Å²) < 4.78 is 5.07.